The van der Waals surface area contributed by atoms with E-state index in [9.17, 15) is 44.3 Å². The minimum atomic E-state index is -5.14. The average molecular weight is 802 g/mol. The van der Waals surface area contributed by atoms with Crippen LogP contribution in [0.15, 0.2) is 42.6 Å². The largest absolute Gasteiger partial charge is 0.449 e. The monoisotopic (exact) mass is 801 g/mol. The molecule has 2 aromatic carbocycles. The smallest absolute Gasteiger partial charge is 0.416 e. The van der Waals surface area contributed by atoms with E-state index in [1.54, 1.807) is 13.8 Å². The molecule has 2 aromatic heterocycles. The normalized spacial score (nSPS) is 19.6. The lowest BCUT2D eigenvalue weighted by Crippen LogP contribution is -2.57. The van der Waals surface area contributed by atoms with Crippen LogP contribution in [-0.4, -0.2) is 92.7 Å². The second kappa shape index (κ2) is 15.9. The molecule has 302 valence electrons. The summed E-state index contributed by atoms with van der Waals surface area (Å²) in [5, 5.41) is 12.5. The standard InChI is InChI=1S/C35H36F9N9O3/c1-3-26-29(45)28(23-17-20(33(36,37)38)5-6-27(23)53(26)32(54)56-4-2)31-46-18-24(30-48-50-52(49-30)8-7-51-9-11-55-12-10-51)25(47-31)15-19-13-21(34(39,40)41)16-22(14-19)35(42,43)44/h5-6,13-14,16-18,26,28-29H,3-4,7-12,15,45H2,1-2H3. The molecule has 56 heavy (non-hydrogen) atoms. The molecule has 0 bridgehead atoms. The zero-order chi connectivity index (χ0) is 40.6. The summed E-state index contributed by atoms with van der Waals surface area (Å²) in [5.41, 5.74) is 1.87. The number of ether oxygens (including phenoxy) is 2. The molecule has 12 nitrogen and oxygen atoms in total. The molecule has 4 aromatic rings. The number of carbonyl (C=O) groups excluding carboxylic acids is 1. The van der Waals surface area contributed by atoms with E-state index in [1.807, 2.05) is 0 Å². The summed E-state index contributed by atoms with van der Waals surface area (Å²) >= 11 is 0. The number of nitrogens with two attached hydrogens (primary N) is 1. The molecule has 6 rings (SSSR count). The van der Waals surface area contributed by atoms with Gasteiger partial charge in [0.15, 0.2) is 0 Å². The fourth-order valence-corrected chi connectivity index (χ4v) is 6.89. The highest BCUT2D eigenvalue weighted by Crippen LogP contribution is 2.45. The van der Waals surface area contributed by atoms with Crippen molar-refractivity contribution in [1.82, 2.24) is 35.1 Å². The third-order valence-corrected chi connectivity index (χ3v) is 9.59. The topological polar surface area (TPSA) is 137 Å². The van der Waals surface area contributed by atoms with Crippen LogP contribution in [0, 0.1) is 0 Å². The van der Waals surface area contributed by atoms with Crippen molar-refractivity contribution >= 4 is 11.8 Å². The summed E-state index contributed by atoms with van der Waals surface area (Å²) in [6.45, 7) is 6.42. The van der Waals surface area contributed by atoms with E-state index in [1.165, 1.54) is 11.0 Å². The van der Waals surface area contributed by atoms with Gasteiger partial charge in [0.25, 0.3) is 0 Å². The first-order valence-corrected chi connectivity index (χ1v) is 17.5. The van der Waals surface area contributed by atoms with Crippen molar-refractivity contribution in [1.29, 1.82) is 0 Å². The summed E-state index contributed by atoms with van der Waals surface area (Å²) in [7, 11) is 0. The average Bonchev–Trinajstić information content (AvgIpc) is 3.61. The second-order valence-electron chi connectivity index (χ2n) is 13.2. The lowest BCUT2D eigenvalue weighted by Gasteiger charge is -2.43. The van der Waals surface area contributed by atoms with Gasteiger partial charge >= 0.3 is 24.6 Å². The molecular formula is C35H36F9N9O3. The summed E-state index contributed by atoms with van der Waals surface area (Å²) in [6, 6.07) is 1.77. The number of hydrogen-bond acceptors (Lipinski definition) is 10. The molecular weight excluding hydrogens is 765 g/mol. The maximum absolute atomic E-state index is 14.1. The predicted molar refractivity (Wildman–Crippen MR) is 180 cm³/mol. The van der Waals surface area contributed by atoms with E-state index in [-0.39, 0.29) is 59.8 Å². The van der Waals surface area contributed by atoms with Crippen LogP contribution in [0.1, 0.15) is 65.5 Å². The van der Waals surface area contributed by atoms with Crippen molar-refractivity contribution in [3.63, 3.8) is 0 Å². The zero-order valence-electron chi connectivity index (χ0n) is 29.9. The van der Waals surface area contributed by atoms with Crippen LogP contribution in [0.4, 0.5) is 50.0 Å². The quantitative estimate of drug-likeness (QED) is 0.192. The van der Waals surface area contributed by atoms with E-state index < -0.39 is 71.3 Å². The van der Waals surface area contributed by atoms with Gasteiger partial charge in [0.1, 0.15) is 5.82 Å². The highest BCUT2D eigenvalue weighted by molar-refractivity contribution is 5.91. The van der Waals surface area contributed by atoms with Gasteiger partial charge in [-0.05, 0) is 66.1 Å². The van der Waals surface area contributed by atoms with Crippen molar-refractivity contribution in [3.05, 3.63) is 81.9 Å². The Labute approximate surface area is 313 Å². The number of aromatic nitrogens is 6. The van der Waals surface area contributed by atoms with Gasteiger partial charge in [0.05, 0.1) is 72.0 Å². The van der Waals surface area contributed by atoms with Crippen molar-refractivity contribution < 1.29 is 53.8 Å². The molecule has 2 aliphatic heterocycles. The number of tetrazole rings is 1. The number of nitrogens with zero attached hydrogens (tertiary/aromatic N) is 8. The lowest BCUT2D eigenvalue weighted by atomic mass is 9.79. The van der Waals surface area contributed by atoms with E-state index >= 15 is 0 Å². The number of amides is 1. The summed E-state index contributed by atoms with van der Waals surface area (Å²) < 4.78 is 136. The number of anilines is 1. The zero-order valence-corrected chi connectivity index (χ0v) is 29.9. The minimum absolute atomic E-state index is 0.00612. The Morgan fingerprint density at radius 1 is 0.911 bits per heavy atom. The van der Waals surface area contributed by atoms with Crippen LogP contribution >= 0.6 is 0 Å². The van der Waals surface area contributed by atoms with Gasteiger partial charge in [-0.2, -0.15) is 44.3 Å². The molecule has 21 heteroatoms. The van der Waals surface area contributed by atoms with Crippen molar-refractivity contribution in [3.8, 4) is 11.4 Å². The number of benzene rings is 2. The van der Waals surface area contributed by atoms with E-state index in [0.717, 1.165) is 23.1 Å². The van der Waals surface area contributed by atoms with Crippen molar-refractivity contribution in [2.75, 3.05) is 44.4 Å². The first-order chi connectivity index (χ1) is 26.4. The number of hydrogen-bond donors (Lipinski definition) is 1. The summed E-state index contributed by atoms with van der Waals surface area (Å²) in [4.78, 5) is 26.7. The molecule has 0 radical (unpaired) electrons. The Hall–Kier alpha value is -4.89. The number of morpholine rings is 1. The number of rotatable bonds is 9. The van der Waals surface area contributed by atoms with Crippen LogP contribution in [0.2, 0.25) is 0 Å². The molecule has 0 saturated carbocycles. The van der Waals surface area contributed by atoms with Crippen LogP contribution in [-0.2, 0) is 41.0 Å². The molecule has 2 N–H and O–H groups in total. The van der Waals surface area contributed by atoms with E-state index in [2.05, 4.69) is 30.3 Å². The second-order valence-corrected chi connectivity index (χ2v) is 13.2. The van der Waals surface area contributed by atoms with Crippen LogP contribution in [0.3, 0.4) is 0 Å². The van der Waals surface area contributed by atoms with Gasteiger partial charge in [-0.1, -0.05) is 6.92 Å². The SMILES string of the molecule is CCOC(=O)N1c2ccc(C(F)(F)F)cc2C(c2ncc(-c3nnn(CCN4CCOCC4)n3)c(Cc3cc(C(F)(F)F)cc(C(F)(F)F)c3)n2)C(N)C1CC. The van der Waals surface area contributed by atoms with Gasteiger partial charge in [-0.25, -0.2) is 14.8 Å². The molecule has 1 saturated heterocycles. The molecule has 1 fully saturated rings. The van der Waals surface area contributed by atoms with Gasteiger partial charge in [0, 0.05) is 38.3 Å². The molecule has 0 aliphatic carbocycles. The highest BCUT2D eigenvalue weighted by Gasteiger charge is 2.45. The first-order valence-electron chi connectivity index (χ1n) is 17.5. The van der Waals surface area contributed by atoms with E-state index in [0.29, 0.717) is 45.0 Å². The maximum Gasteiger partial charge on any atom is 0.416 e. The maximum atomic E-state index is 14.1. The number of alkyl halides is 9. The molecule has 3 atom stereocenters. The van der Waals surface area contributed by atoms with Gasteiger partial charge < -0.3 is 15.2 Å². The Balaban J connectivity index is 1.49. The fourth-order valence-electron chi connectivity index (χ4n) is 6.89. The molecule has 2 aliphatic rings. The molecule has 3 unspecified atom stereocenters. The van der Waals surface area contributed by atoms with Gasteiger partial charge in [-0.15, -0.1) is 10.2 Å². The Morgan fingerprint density at radius 3 is 2.18 bits per heavy atom. The van der Waals surface area contributed by atoms with Gasteiger partial charge in [0.2, 0.25) is 5.82 Å². The lowest BCUT2D eigenvalue weighted by molar-refractivity contribution is -0.143. The van der Waals surface area contributed by atoms with E-state index in [4.69, 9.17) is 15.2 Å². The Morgan fingerprint density at radius 2 is 1.57 bits per heavy atom. The van der Waals surface area contributed by atoms with Crippen molar-refractivity contribution in [2.24, 2.45) is 5.73 Å². The molecule has 0 spiro atoms. The minimum Gasteiger partial charge on any atom is -0.449 e. The Bertz CT molecular complexity index is 2000. The Kier molecular flexibility index (Phi) is 11.6. The van der Waals surface area contributed by atoms with Crippen LogP contribution < -0.4 is 10.6 Å². The number of halogens is 9. The summed E-state index contributed by atoms with van der Waals surface area (Å²) in [6.07, 6.45) is -15.2. The third kappa shape index (κ3) is 8.73. The highest BCUT2D eigenvalue weighted by atomic mass is 19.4. The fraction of sp³-hybridized carbons (Fsp3) is 0.486. The van der Waals surface area contributed by atoms with Crippen LogP contribution in [0.25, 0.3) is 11.4 Å². The van der Waals surface area contributed by atoms with Gasteiger partial charge in [-0.3, -0.25) is 9.80 Å². The van der Waals surface area contributed by atoms with Crippen molar-refractivity contribution in [2.45, 2.75) is 69.8 Å². The number of fused-ring (bicyclic) bond motifs is 1. The predicted octanol–water partition coefficient (Wildman–Crippen LogP) is 6.32. The molecule has 4 heterocycles. The first kappa shape index (κ1) is 40.8. The van der Waals surface area contributed by atoms with Crippen LogP contribution in [0.5, 0.6) is 0 Å². The molecule has 1 amide bonds. The number of carbonyl (C=O) groups is 1. The third-order valence-electron chi connectivity index (χ3n) is 9.59. The summed E-state index contributed by atoms with van der Waals surface area (Å²) in [5.74, 6) is -1.56.